The summed E-state index contributed by atoms with van der Waals surface area (Å²) in [6.07, 6.45) is 1.67. The number of aromatic amines is 1. The molecule has 4 rings (SSSR count). The number of imidazole rings is 1. The molecule has 0 bridgehead atoms. The van der Waals surface area contributed by atoms with Gasteiger partial charge in [-0.3, -0.25) is 4.79 Å². The Kier molecular flexibility index (Phi) is 5.26. The van der Waals surface area contributed by atoms with Crippen LogP contribution in [0.5, 0.6) is 0 Å². The number of nitrogens with zero attached hydrogens (tertiary/aromatic N) is 1. The first-order valence-corrected chi connectivity index (χ1v) is 9.97. The van der Waals surface area contributed by atoms with Crippen molar-refractivity contribution in [3.8, 4) is 0 Å². The number of carbonyl (C=O) groups excluding carboxylic acids is 1. The molecule has 0 aliphatic heterocycles. The van der Waals surface area contributed by atoms with Crippen molar-refractivity contribution in [3.63, 3.8) is 0 Å². The fourth-order valence-corrected chi connectivity index (χ4v) is 3.43. The fraction of sp³-hybridized carbons (Fsp3) is 0.130. The molecule has 0 spiro atoms. The molecule has 140 valence electrons. The average Bonchev–Trinajstić information content (AvgIpc) is 3.09. The van der Waals surface area contributed by atoms with Crippen LogP contribution in [-0.2, 0) is 12.8 Å². The first-order chi connectivity index (χ1) is 13.6. The predicted octanol–water partition coefficient (Wildman–Crippen LogP) is 5.67. The van der Waals surface area contributed by atoms with Crippen LogP contribution in [0.15, 0.2) is 71.2 Å². The molecule has 4 nitrogen and oxygen atoms in total. The summed E-state index contributed by atoms with van der Waals surface area (Å²) in [7, 11) is 0. The minimum Gasteiger partial charge on any atom is -0.342 e. The summed E-state index contributed by atoms with van der Waals surface area (Å²) in [6.45, 7) is 2.08. The number of aryl methyl sites for hydroxylation is 3. The van der Waals surface area contributed by atoms with Gasteiger partial charge in [-0.25, -0.2) is 4.98 Å². The number of halogens is 1. The zero-order valence-electron chi connectivity index (χ0n) is 15.5. The van der Waals surface area contributed by atoms with E-state index >= 15 is 0 Å². The molecule has 0 radical (unpaired) electrons. The number of hydrogen-bond donors (Lipinski definition) is 2. The van der Waals surface area contributed by atoms with Gasteiger partial charge in [0.15, 0.2) is 0 Å². The Bertz CT molecular complexity index is 1130. The van der Waals surface area contributed by atoms with Crippen LogP contribution in [0, 0.1) is 6.92 Å². The van der Waals surface area contributed by atoms with Crippen LogP contribution in [0.3, 0.4) is 0 Å². The van der Waals surface area contributed by atoms with Gasteiger partial charge in [0, 0.05) is 22.1 Å². The Morgan fingerprint density at radius 2 is 1.86 bits per heavy atom. The number of rotatable bonds is 5. The molecule has 5 heteroatoms. The zero-order chi connectivity index (χ0) is 19.5. The highest BCUT2D eigenvalue weighted by molar-refractivity contribution is 9.10. The second-order valence-electron chi connectivity index (χ2n) is 6.87. The Hall–Kier alpha value is -2.92. The van der Waals surface area contributed by atoms with E-state index in [1.54, 1.807) is 12.1 Å². The van der Waals surface area contributed by atoms with E-state index in [1.165, 1.54) is 5.56 Å². The van der Waals surface area contributed by atoms with Gasteiger partial charge in [-0.05, 0) is 73.0 Å². The van der Waals surface area contributed by atoms with Gasteiger partial charge in [-0.1, -0.05) is 34.1 Å². The third kappa shape index (κ3) is 4.31. The summed E-state index contributed by atoms with van der Waals surface area (Å²) < 4.78 is 0.951. The molecule has 2 N–H and O–H groups in total. The van der Waals surface area contributed by atoms with Crippen molar-refractivity contribution in [2.75, 3.05) is 5.32 Å². The molecule has 1 aromatic heterocycles. The van der Waals surface area contributed by atoms with E-state index in [1.807, 2.05) is 36.4 Å². The Morgan fingerprint density at radius 1 is 1.04 bits per heavy atom. The molecular formula is C23H20BrN3O. The number of anilines is 1. The first-order valence-electron chi connectivity index (χ1n) is 9.18. The van der Waals surface area contributed by atoms with Crippen LogP contribution in [-0.4, -0.2) is 15.9 Å². The Labute approximate surface area is 172 Å². The van der Waals surface area contributed by atoms with Gasteiger partial charge >= 0.3 is 0 Å². The van der Waals surface area contributed by atoms with Crippen LogP contribution in [0.25, 0.3) is 11.0 Å². The van der Waals surface area contributed by atoms with Crippen molar-refractivity contribution < 1.29 is 4.79 Å². The lowest BCUT2D eigenvalue weighted by Gasteiger charge is -2.07. The summed E-state index contributed by atoms with van der Waals surface area (Å²) in [5, 5.41) is 2.97. The summed E-state index contributed by atoms with van der Waals surface area (Å²) in [4.78, 5) is 20.5. The van der Waals surface area contributed by atoms with Crippen molar-refractivity contribution in [1.82, 2.24) is 9.97 Å². The number of amides is 1. The van der Waals surface area contributed by atoms with E-state index < -0.39 is 0 Å². The lowest BCUT2D eigenvalue weighted by molar-refractivity contribution is 0.102. The second-order valence-corrected chi connectivity index (χ2v) is 7.78. The van der Waals surface area contributed by atoms with Crippen molar-refractivity contribution in [3.05, 3.63) is 93.7 Å². The quantitative estimate of drug-likeness (QED) is 0.425. The van der Waals surface area contributed by atoms with Crippen LogP contribution < -0.4 is 5.32 Å². The molecule has 28 heavy (non-hydrogen) atoms. The molecule has 1 amide bonds. The zero-order valence-corrected chi connectivity index (χ0v) is 17.1. The number of fused-ring (bicyclic) bond motifs is 1. The number of aromatic nitrogens is 2. The second kappa shape index (κ2) is 7.98. The SMILES string of the molecule is Cc1ccc2nc(CCc3cccc(NC(=O)c4ccc(Br)cc4)c3)[nH]c2c1. The van der Waals surface area contributed by atoms with Gasteiger partial charge in [0.1, 0.15) is 5.82 Å². The number of benzene rings is 3. The molecule has 3 aromatic carbocycles. The molecule has 4 aromatic rings. The molecular weight excluding hydrogens is 414 g/mol. The smallest absolute Gasteiger partial charge is 0.255 e. The summed E-state index contributed by atoms with van der Waals surface area (Å²) in [6, 6.07) is 21.5. The van der Waals surface area contributed by atoms with E-state index in [0.717, 1.165) is 45.4 Å². The van der Waals surface area contributed by atoms with Crippen LogP contribution in [0.2, 0.25) is 0 Å². The number of H-pyrrole nitrogens is 1. The highest BCUT2D eigenvalue weighted by Gasteiger charge is 2.07. The van der Waals surface area contributed by atoms with E-state index in [4.69, 9.17) is 0 Å². The van der Waals surface area contributed by atoms with Crippen LogP contribution in [0.1, 0.15) is 27.3 Å². The van der Waals surface area contributed by atoms with E-state index in [0.29, 0.717) is 5.56 Å². The largest absolute Gasteiger partial charge is 0.342 e. The first kappa shape index (κ1) is 18.4. The van der Waals surface area contributed by atoms with Gasteiger partial charge in [0.25, 0.3) is 5.91 Å². The number of hydrogen-bond acceptors (Lipinski definition) is 2. The van der Waals surface area contributed by atoms with Crippen LogP contribution >= 0.6 is 15.9 Å². The molecule has 1 heterocycles. The third-order valence-electron chi connectivity index (χ3n) is 4.63. The van der Waals surface area contributed by atoms with Crippen molar-refractivity contribution in [2.45, 2.75) is 19.8 Å². The molecule has 0 saturated carbocycles. The highest BCUT2D eigenvalue weighted by Crippen LogP contribution is 2.17. The molecule has 0 atom stereocenters. The Balaban J connectivity index is 1.42. The van der Waals surface area contributed by atoms with Crippen molar-refractivity contribution in [1.29, 1.82) is 0 Å². The van der Waals surface area contributed by atoms with Gasteiger partial charge in [0.05, 0.1) is 11.0 Å². The summed E-state index contributed by atoms with van der Waals surface area (Å²) in [5.74, 6) is 0.863. The van der Waals surface area contributed by atoms with Crippen LogP contribution in [0.4, 0.5) is 5.69 Å². The standard InChI is InChI=1S/C23H20BrN3O/c1-15-5-11-20-21(13-15)27-22(26-20)12-6-16-3-2-4-19(14-16)25-23(28)17-7-9-18(24)10-8-17/h2-5,7-11,13-14H,6,12H2,1H3,(H,25,28)(H,26,27). The van der Waals surface area contributed by atoms with Gasteiger partial charge in [-0.2, -0.15) is 0 Å². The minimum absolute atomic E-state index is 0.114. The average molecular weight is 434 g/mol. The lowest BCUT2D eigenvalue weighted by atomic mass is 10.1. The number of nitrogens with one attached hydrogen (secondary N) is 2. The maximum absolute atomic E-state index is 12.4. The third-order valence-corrected chi connectivity index (χ3v) is 5.16. The normalized spacial score (nSPS) is 10.9. The number of carbonyl (C=O) groups is 1. The molecule has 0 unspecified atom stereocenters. The molecule has 0 saturated heterocycles. The molecule has 0 fully saturated rings. The van der Waals surface area contributed by atoms with Crippen molar-refractivity contribution >= 4 is 38.6 Å². The maximum Gasteiger partial charge on any atom is 0.255 e. The highest BCUT2D eigenvalue weighted by atomic mass is 79.9. The predicted molar refractivity (Wildman–Crippen MR) is 117 cm³/mol. The van der Waals surface area contributed by atoms with Gasteiger partial charge in [-0.15, -0.1) is 0 Å². The van der Waals surface area contributed by atoms with Gasteiger partial charge in [0.2, 0.25) is 0 Å². The molecule has 0 aliphatic rings. The fourth-order valence-electron chi connectivity index (χ4n) is 3.17. The van der Waals surface area contributed by atoms with Crippen molar-refractivity contribution in [2.24, 2.45) is 0 Å². The van der Waals surface area contributed by atoms with E-state index in [-0.39, 0.29) is 5.91 Å². The lowest BCUT2D eigenvalue weighted by Crippen LogP contribution is -2.11. The van der Waals surface area contributed by atoms with E-state index in [9.17, 15) is 4.79 Å². The van der Waals surface area contributed by atoms with E-state index in [2.05, 4.69) is 56.3 Å². The maximum atomic E-state index is 12.4. The van der Waals surface area contributed by atoms with Gasteiger partial charge < -0.3 is 10.3 Å². The topological polar surface area (TPSA) is 57.8 Å². The Morgan fingerprint density at radius 3 is 2.68 bits per heavy atom. The summed E-state index contributed by atoms with van der Waals surface area (Å²) >= 11 is 3.38. The monoisotopic (exact) mass is 433 g/mol. The summed E-state index contributed by atoms with van der Waals surface area (Å²) in [5.41, 5.74) is 5.88. The minimum atomic E-state index is -0.114. The molecule has 0 aliphatic carbocycles.